The Kier molecular flexibility index (Phi) is 2.33. The molecule has 0 amide bonds. The second-order valence-electron chi connectivity index (χ2n) is 2.38. The van der Waals surface area contributed by atoms with Crippen molar-refractivity contribution in [1.29, 1.82) is 0 Å². The zero-order valence-corrected chi connectivity index (χ0v) is 6.46. The van der Waals surface area contributed by atoms with Gasteiger partial charge in [-0.2, -0.15) is 0 Å². The number of benzene rings is 1. The fourth-order valence-corrected chi connectivity index (χ4v) is 0.961. The Hall–Kier alpha value is -1.22. The molecule has 0 unspecified atom stereocenters. The van der Waals surface area contributed by atoms with Gasteiger partial charge >= 0.3 is 0 Å². The molecular weight excluding hydrogens is 140 g/mol. The Balaban J connectivity index is 3.00. The van der Waals surface area contributed by atoms with E-state index in [2.05, 4.69) is 5.32 Å². The lowest BCUT2D eigenvalue weighted by Crippen LogP contribution is -2.07. The summed E-state index contributed by atoms with van der Waals surface area (Å²) in [6.07, 6.45) is 0. The molecule has 0 bridgehead atoms. The number of hydrogen-bond donors (Lipinski definition) is 3. The molecule has 1 aromatic rings. The highest BCUT2D eigenvalue weighted by atomic mass is 16.3. The SMILES string of the molecule is CNCc1c(N)cccc1O. The minimum atomic E-state index is 0.249. The minimum Gasteiger partial charge on any atom is -0.508 e. The van der Waals surface area contributed by atoms with Gasteiger partial charge in [0, 0.05) is 17.8 Å². The summed E-state index contributed by atoms with van der Waals surface area (Å²) in [4.78, 5) is 0. The van der Waals surface area contributed by atoms with Crippen molar-refractivity contribution in [3.8, 4) is 5.75 Å². The molecule has 0 aromatic heterocycles. The zero-order valence-electron chi connectivity index (χ0n) is 6.46. The van der Waals surface area contributed by atoms with E-state index in [1.807, 2.05) is 7.05 Å². The van der Waals surface area contributed by atoms with Gasteiger partial charge in [0.15, 0.2) is 0 Å². The summed E-state index contributed by atoms with van der Waals surface area (Å²) < 4.78 is 0. The molecule has 0 spiro atoms. The van der Waals surface area contributed by atoms with Crippen molar-refractivity contribution in [3.05, 3.63) is 23.8 Å². The maximum atomic E-state index is 9.30. The van der Waals surface area contributed by atoms with Crippen molar-refractivity contribution in [1.82, 2.24) is 5.32 Å². The first-order chi connectivity index (χ1) is 5.25. The Labute approximate surface area is 65.8 Å². The van der Waals surface area contributed by atoms with Crippen molar-refractivity contribution < 1.29 is 5.11 Å². The molecule has 0 saturated carbocycles. The molecule has 0 radical (unpaired) electrons. The highest BCUT2D eigenvalue weighted by Gasteiger charge is 2.01. The maximum Gasteiger partial charge on any atom is 0.122 e. The monoisotopic (exact) mass is 152 g/mol. The van der Waals surface area contributed by atoms with E-state index in [9.17, 15) is 5.11 Å². The molecule has 0 heterocycles. The summed E-state index contributed by atoms with van der Waals surface area (Å²) in [5, 5.41) is 12.2. The third kappa shape index (κ3) is 1.62. The molecule has 0 aliphatic heterocycles. The van der Waals surface area contributed by atoms with Crippen LogP contribution < -0.4 is 11.1 Å². The second kappa shape index (κ2) is 3.25. The van der Waals surface area contributed by atoms with E-state index >= 15 is 0 Å². The average molecular weight is 152 g/mol. The van der Waals surface area contributed by atoms with Crippen molar-refractivity contribution in [2.45, 2.75) is 6.54 Å². The molecule has 0 aliphatic rings. The van der Waals surface area contributed by atoms with Crippen LogP contribution in [-0.2, 0) is 6.54 Å². The van der Waals surface area contributed by atoms with Crippen molar-refractivity contribution >= 4 is 5.69 Å². The third-order valence-electron chi connectivity index (χ3n) is 1.54. The van der Waals surface area contributed by atoms with Crippen LogP contribution in [0.15, 0.2) is 18.2 Å². The quantitative estimate of drug-likeness (QED) is 0.546. The van der Waals surface area contributed by atoms with E-state index in [0.717, 1.165) is 5.56 Å². The summed E-state index contributed by atoms with van der Waals surface area (Å²) in [6, 6.07) is 5.12. The first-order valence-corrected chi connectivity index (χ1v) is 3.46. The molecule has 0 saturated heterocycles. The second-order valence-corrected chi connectivity index (χ2v) is 2.38. The van der Waals surface area contributed by atoms with Gasteiger partial charge in [-0.3, -0.25) is 0 Å². The maximum absolute atomic E-state index is 9.30. The fourth-order valence-electron chi connectivity index (χ4n) is 0.961. The Bertz CT molecular complexity index is 228. The van der Waals surface area contributed by atoms with E-state index in [0.29, 0.717) is 12.2 Å². The number of aromatic hydroxyl groups is 1. The summed E-state index contributed by atoms with van der Waals surface area (Å²) >= 11 is 0. The smallest absolute Gasteiger partial charge is 0.122 e. The Morgan fingerprint density at radius 2 is 2.27 bits per heavy atom. The van der Waals surface area contributed by atoms with E-state index in [4.69, 9.17) is 5.73 Å². The van der Waals surface area contributed by atoms with Crippen LogP contribution in [0.2, 0.25) is 0 Å². The van der Waals surface area contributed by atoms with Gasteiger partial charge in [-0.15, -0.1) is 0 Å². The number of nitrogen functional groups attached to an aromatic ring is 1. The molecule has 3 nitrogen and oxygen atoms in total. The molecule has 0 aliphatic carbocycles. The summed E-state index contributed by atoms with van der Waals surface area (Å²) in [5.74, 6) is 0.249. The van der Waals surface area contributed by atoms with Crippen LogP contribution in [0.5, 0.6) is 5.75 Å². The number of phenolic OH excluding ortho intramolecular Hbond substituents is 1. The van der Waals surface area contributed by atoms with Crippen molar-refractivity contribution in [2.24, 2.45) is 0 Å². The van der Waals surface area contributed by atoms with Gasteiger partial charge in [-0.1, -0.05) is 6.07 Å². The standard InChI is InChI=1S/C8H12N2O/c1-10-5-6-7(9)3-2-4-8(6)11/h2-4,10-11H,5,9H2,1H3. The molecule has 0 atom stereocenters. The highest BCUT2D eigenvalue weighted by Crippen LogP contribution is 2.21. The lowest BCUT2D eigenvalue weighted by atomic mass is 10.1. The lowest BCUT2D eigenvalue weighted by molar-refractivity contribution is 0.466. The molecule has 0 fully saturated rings. The van der Waals surface area contributed by atoms with Gasteiger partial charge in [-0.05, 0) is 19.2 Å². The van der Waals surface area contributed by atoms with Crippen LogP contribution >= 0.6 is 0 Å². The first-order valence-electron chi connectivity index (χ1n) is 3.46. The van der Waals surface area contributed by atoms with Crippen molar-refractivity contribution in [2.75, 3.05) is 12.8 Å². The number of nitrogens with one attached hydrogen (secondary N) is 1. The van der Waals surface area contributed by atoms with Gasteiger partial charge in [0.05, 0.1) is 0 Å². The van der Waals surface area contributed by atoms with E-state index < -0.39 is 0 Å². The van der Waals surface area contributed by atoms with Gasteiger partial charge < -0.3 is 16.2 Å². The summed E-state index contributed by atoms with van der Waals surface area (Å²) in [7, 11) is 1.81. The Morgan fingerprint density at radius 1 is 1.55 bits per heavy atom. The molecule has 1 rings (SSSR count). The number of phenols is 1. The van der Waals surface area contributed by atoms with Crippen LogP contribution in [-0.4, -0.2) is 12.2 Å². The van der Waals surface area contributed by atoms with E-state index in [-0.39, 0.29) is 5.75 Å². The number of nitrogens with two attached hydrogens (primary N) is 1. The van der Waals surface area contributed by atoms with Crippen LogP contribution in [0, 0.1) is 0 Å². The topological polar surface area (TPSA) is 58.3 Å². The predicted octanol–water partition coefficient (Wildman–Crippen LogP) is 0.694. The normalized spacial score (nSPS) is 9.91. The van der Waals surface area contributed by atoms with Crippen molar-refractivity contribution in [3.63, 3.8) is 0 Å². The summed E-state index contributed by atoms with van der Waals surface area (Å²) in [6.45, 7) is 0.596. The summed E-state index contributed by atoms with van der Waals surface area (Å²) in [5.41, 5.74) is 6.99. The molecular formula is C8H12N2O. The van der Waals surface area contributed by atoms with E-state index in [1.165, 1.54) is 0 Å². The van der Waals surface area contributed by atoms with Crippen LogP contribution in [0.25, 0.3) is 0 Å². The third-order valence-corrected chi connectivity index (χ3v) is 1.54. The highest BCUT2D eigenvalue weighted by molar-refractivity contribution is 5.53. The van der Waals surface area contributed by atoms with Crippen LogP contribution in [0.3, 0.4) is 0 Å². The van der Waals surface area contributed by atoms with Crippen LogP contribution in [0.1, 0.15) is 5.56 Å². The molecule has 60 valence electrons. The number of hydrogen-bond acceptors (Lipinski definition) is 3. The average Bonchev–Trinajstić information content (AvgIpc) is 1.97. The first kappa shape index (κ1) is 7.88. The van der Waals surface area contributed by atoms with Gasteiger partial charge in [0.1, 0.15) is 5.75 Å². The molecule has 3 heteroatoms. The van der Waals surface area contributed by atoms with E-state index in [1.54, 1.807) is 18.2 Å². The number of anilines is 1. The largest absolute Gasteiger partial charge is 0.508 e. The molecule has 1 aromatic carbocycles. The fraction of sp³-hybridized carbons (Fsp3) is 0.250. The lowest BCUT2D eigenvalue weighted by Gasteiger charge is -2.05. The molecule has 4 N–H and O–H groups in total. The van der Waals surface area contributed by atoms with Crippen LogP contribution in [0.4, 0.5) is 5.69 Å². The van der Waals surface area contributed by atoms with Gasteiger partial charge in [0.2, 0.25) is 0 Å². The van der Waals surface area contributed by atoms with Gasteiger partial charge in [-0.25, -0.2) is 0 Å². The Morgan fingerprint density at radius 3 is 2.82 bits per heavy atom. The predicted molar refractivity (Wildman–Crippen MR) is 45.3 cm³/mol. The zero-order chi connectivity index (χ0) is 8.27. The molecule has 11 heavy (non-hydrogen) atoms. The minimum absolute atomic E-state index is 0.249. The van der Waals surface area contributed by atoms with Gasteiger partial charge in [0.25, 0.3) is 0 Å². The number of rotatable bonds is 2.